The van der Waals surface area contributed by atoms with Gasteiger partial charge in [-0.25, -0.2) is 8.42 Å². The van der Waals surface area contributed by atoms with Crippen LogP contribution in [0.3, 0.4) is 0 Å². The van der Waals surface area contributed by atoms with Crippen LogP contribution >= 0.6 is 0 Å². The first-order chi connectivity index (χ1) is 14.8. The number of ether oxygens (including phenoxy) is 1. The van der Waals surface area contributed by atoms with Gasteiger partial charge in [0.1, 0.15) is 15.6 Å². The SMILES string of the molecule is CN(CCS(C)(=O)=O)C(=O)CN1CC2C(CNC(=O)c3cccc(OC(F)(F)F)c3)C2C1. The lowest BCUT2D eigenvalue weighted by Gasteiger charge is -2.23. The molecule has 0 spiro atoms. The van der Waals surface area contributed by atoms with Crippen LogP contribution < -0.4 is 10.1 Å². The molecule has 178 valence electrons. The summed E-state index contributed by atoms with van der Waals surface area (Å²) in [4.78, 5) is 28.0. The zero-order valence-corrected chi connectivity index (χ0v) is 18.6. The number of likely N-dealkylation sites (N-methyl/N-ethyl adjacent to an activating group) is 1. The molecule has 2 atom stereocenters. The van der Waals surface area contributed by atoms with E-state index in [9.17, 15) is 31.2 Å². The quantitative estimate of drug-likeness (QED) is 0.570. The van der Waals surface area contributed by atoms with Crippen LogP contribution in [0.25, 0.3) is 0 Å². The van der Waals surface area contributed by atoms with Gasteiger partial charge < -0.3 is 15.0 Å². The average molecular weight is 478 g/mol. The lowest BCUT2D eigenvalue weighted by Crippen LogP contribution is -2.40. The van der Waals surface area contributed by atoms with E-state index in [0.717, 1.165) is 18.4 Å². The van der Waals surface area contributed by atoms with E-state index >= 15 is 0 Å². The van der Waals surface area contributed by atoms with Gasteiger partial charge in [0.2, 0.25) is 5.91 Å². The van der Waals surface area contributed by atoms with Gasteiger partial charge in [-0.1, -0.05) is 6.07 Å². The molecule has 2 unspecified atom stereocenters. The number of amides is 2. The number of nitrogens with zero attached hydrogens (tertiary/aromatic N) is 2. The maximum atomic E-state index is 12.3. The second kappa shape index (κ2) is 9.26. The van der Waals surface area contributed by atoms with E-state index in [-0.39, 0.29) is 36.2 Å². The molecule has 0 bridgehead atoms. The molecule has 0 aromatic heterocycles. The highest BCUT2D eigenvalue weighted by Crippen LogP contribution is 2.51. The van der Waals surface area contributed by atoms with E-state index in [1.54, 1.807) is 7.05 Å². The van der Waals surface area contributed by atoms with Gasteiger partial charge in [0.15, 0.2) is 0 Å². The molecule has 3 rings (SSSR count). The van der Waals surface area contributed by atoms with Crippen molar-refractivity contribution in [1.29, 1.82) is 0 Å². The summed E-state index contributed by atoms with van der Waals surface area (Å²) in [7, 11) is -1.55. The van der Waals surface area contributed by atoms with Gasteiger partial charge in [0.05, 0.1) is 12.3 Å². The Hall–Kier alpha value is -2.34. The number of piperidine rings is 1. The van der Waals surface area contributed by atoms with Crippen LogP contribution in [0.15, 0.2) is 24.3 Å². The Bertz CT molecular complexity index is 957. The molecular weight excluding hydrogens is 451 g/mol. The summed E-state index contributed by atoms with van der Waals surface area (Å²) in [5.41, 5.74) is 0.0851. The molecule has 1 aliphatic heterocycles. The predicted molar refractivity (Wildman–Crippen MR) is 110 cm³/mol. The number of hydrogen-bond donors (Lipinski definition) is 1. The van der Waals surface area contributed by atoms with E-state index in [1.165, 1.54) is 17.0 Å². The normalized spacial score (nSPS) is 22.8. The standard InChI is InChI=1S/C20H26F3N3O5S/c1-25(6-7-32(2,29)30)18(27)12-26-10-16-15(17(16)11-26)9-24-19(28)13-4-3-5-14(8-13)31-20(21,22)23/h3-5,8,15-17H,6-7,9-12H2,1-2H3,(H,24,28). The maximum Gasteiger partial charge on any atom is 0.573 e. The summed E-state index contributed by atoms with van der Waals surface area (Å²) in [5, 5.41) is 2.76. The first kappa shape index (κ1) is 24.3. The minimum Gasteiger partial charge on any atom is -0.406 e. The van der Waals surface area contributed by atoms with E-state index in [2.05, 4.69) is 10.1 Å². The summed E-state index contributed by atoms with van der Waals surface area (Å²) in [6.07, 6.45) is -3.69. The van der Waals surface area contributed by atoms with E-state index in [0.29, 0.717) is 31.5 Å². The zero-order valence-electron chi connectivity index (χ0n) is 17.8. The summed E-state index contributed by atoms with van der Waals surface area (Å²) in [6.45, 7) is 2.21. The number of nitrogens with one attached hydrogen (secondary N) is 1. The molecule has 0 radical (unpaired) electrons. The number of halogens is 3. The van der Waals surface area contributed by atoms with Crippen molar-refractivity contribution in [1.82, 2.24) is 15.1 Å². The molecule has 1 saturated heterocycles. The lowest BCUT2D eigenvalue weighted by atomic mass is 10.2. The molecule has 1 N–H and O–H groups in total. The highest BCUT2D eigenvalue weighted by atomic mass is 32.2. The number of fused-ring (bicyclic) bond motifs is 1. The molecule has 1 heterocycles. The fraction of sp³-hybridized carbons (Fsp3) is 0.600. The maximum absolute atomic E-state index is 12.3. The van der Waals surface area contributed by atoms with Crippen LogP contribution in [0.2, 0.25) is 0 Å². The minimum atomic E-state index is -4.82. The van der Waals surface area contributed by atoms with Crippen molar-refractivity contribution in [2.45, 2.75) is 6.36 Å². The molecule has 2 fully saturated rings. The zero-order chi connectivity index (χ0) is 23.7. The van der Waals surface area contributed by atoms with E-state index < -0.39 is 27.9 Å². The Kier molecular flexibility index (Phi) is 7.03. The predicted octanol–water partition coefficient (Wildman–Crippen LogP) is 0.996. The molecule has 2 aliphatic rings. The number of rotatable bonds is 9. The highest BCUT2D eigenvalue weighted by Gasteiger charge is 2.55. The van der Waals surface area contributed by atoms with Crippen molar-refractivity contribution in [2.24, 2.45) is 17.8 Å². The van der Waals surface area contributed by atoms with Gasteiger partial charge in [-0.2, -0.15) is 0 Å². The van der Waals surface area contributed by atoms with Crippen molar-refractivity contribution in [3.8, 4) is 5.75 Å². The smallest absolute Gasteiger partial charge is 0.406 e. The number of benzene rings is 1. The molecule has 32 heavy (non-hydrogen) atoms. The van der Waals surface area contributed by atoms with Gasteiger partial charge in [-0.15, -0.1) is 13.2 Å². The van der Waals surface area contributed by atoms with Crippen molar-refractivity contribution in [3.05, 3.63) is 29.8 Å². The van der Waals surface area contributed by atoms with E-state index in [4.69, 9.17) is 0 Å². The molecule has 1 aromatic rings. The van der Waals surface area contributed by atoms with Crippen molar-refractivity contribution >= 4 is 21.7 Å². The Morgan fingerprint density at radius 3 is 2.50 bits per heavy atom. The topological polar surface area (TPSA) is 96.0 Å². The third kappa shape index (κ3) is 6.83. The van der Waals surface area contributed by atoms with Crippen LogP contribution in [0.4, 0.5) is 13.2 Å². The minimum absolute atomic E-state index is 0.0759. The first-order valence-electron chi connectivity index (χ1n) is 10.1. The molecule has 1 aliphatic carbocycles. The van der Waals surface area contributed by atoms with Gasteiger partial charge >= 0.3 is 6.36 Å². The summed E-state index contributed by atoms with van der Waals surface area (Å²) < 4.78 is 63.3. The van der Waals surface area contributed by atoms with E-state index in [1.807, 2.05) is 4.90 Å². The fourth-order valence-corrected chi connectivity index (χ4v) is 4.66. The summed E-state index contributed by atoms with van der Waals surface area (Å²) in [5.74, 6) is -0.164. The fourth-order valence-electron chi connectivity index (χ4n) is 4.06. The Balaban J connectivity index is 1.39. The largest absolute Gasteiger partial charge is 0.573 e. The van der Waals surface area contributed by atoms with Crippen molar-refractivity contribution < 1.29 is 35.9 Å². The van der Waals surface area contributed by atoms with Gasteiger partial charge in [0.25, 0.3) is 5.91 Å². The number of carbonyl (C=O) groups excluding carboxylic acids is 2. The van der Waals surface area contributed by atoms with Crippen LogP contribution in [0, 0.1) is 17.8 Å². The summed E-state index contributed by atoms with van der Waals surface area (Å²) >= 11 is 0. The Morgan fingerprint density at radius 1 is 1.25 bits per heavy atom. The third-order valence-electron chi connectivity index (χ3n) is 5.86. The molecule has 1 aromatic carbocycles. The van der Waals surface area contributed by atoms with Crippen LogP contribution in [-0.2, 0) is 14.6 Å². The second-order valence-electron chi connectivity index (χ2n) is 8.42. The number of hydrogen-bond acceptors (Lipinski definition) is 6. The van der Waals surface area contributed by atoms with Crippen molar-refractivity contribution in [3.63, 3.8) is 0 Å². The molecular formula is C20H26F3N3O5S. The monoisotopic (exact) mass is 477 g/mol. The number of alkyl halides is 3. The number of likely N-dealkylation sites (tertiary alicyclic amines) is 1. The summed E-state index contributed by atoms with van der Waals surface area (Å²) in [6, 6.07) is 4.91. The van der Waals surface area contributed by atoms with Crippen LogP contribution in [0.5, 0.6) is 5.75 Å². The molecule has 1 saturated carbocycles. The van der Waals surface area contributed by atoms with Crippen LogP contribution in [0.1, 0.15) is 10.4 Å². The van der Waals surface area contributed by atoms with Gasteiger partial charge in [-0.3, -0.25) is 14.5 Å². The third-order valence-corrected chi connectivity index (χ3v) is 6.78. The Labute approximate surface area is 184 Å². The van der Waals surface area contributed by atoms with Crippen molar-refractivity contribution in [2.75, 3.05) is 51.8 Å². The molecule has 8 nitrogen and oxygen atoms in total. The van der Waals surface area contributed by atoms with Gasteiger partial charge in [0, 0.05) is 45.0 Å². The van der Waals surface area contributed by atoms with Crippen LogP contribution in [-0.4, -0.2) is 88.2 Å². The number of sulfone groups is 1. The average Bonchev–Trinajstić information content (AvgIpc) is 3.13. The molecule has 2 amide bonds. The highest BCUT2D eigenvalue weighted by molar-refractivity contribution is 7.90. The second-order valence-corrected chi connectivity index (χ2v) is 10.7. The number of carbonyl (C=O) groups is 2. The Morgan fingerprint density at radius 2 is 1.91 bits per heavy atom. The molecule has 12 heteroatoms. The lowest BCUT2D eigenvalue weighted by molar-refractivity contribution is -0.274. The van der Waals surface area contributed by atoms with Gasteiger partial charge in [-0.05, 0) is 36.0 Å². The first-order valence-corrected chi connectivity index (χ1v) is 12.2.